The monoisotopic (exact) mass is 332 g/mol. The second-order valence-corrected chi connectivity index (χ2v) is 6.06. The maximum Gasteiger partial charge on any atom is 0.0204 e. The van der Waals surface area contributed by atoms with E-state index in [1.165, 1.54) is 32.3 Å². The Morgan fingerprint density at radius 3 is 1.65 bits per heavy atom. The summed E-state index contributed by atoms with van der Waals surface area (Å²) >= 11 is 3.46. The molecule has 0 unspecified atom stereocenters. The molecule has 0 aliphatic rings. The maximum atomic E-state index is 3.46. The van der Waals surface area contributed by atoms with Crippen molar-refractivity contribution in [1.82, 2.24) is 0 Å². The standard InChI is InChI=1S/C10H14.C9H11Br/c1-4-10-6-5-8(2)9(3)7-10;1-3-8-4-5-9(10)7(2)6-8/h5-7H,4H2,1-3H3;4-6H,3H2,1-2H3. The van der Waals surface area contributed by atoms with Crippen molar-refractivity contribution in [1.29, 1.82) is 0 Å². The van der Waals surface area contributed by atoms with Crippen LogP contribution in [0.15, 0.2) is 40.9 Å². The maximum absolute atomic E-state index is 3.46. The second-order valence-electron chi connectivity index (χ2n) is 5.21. The Balaban J connectivity index is 0.000000200. The summed E-state index contributed by atoms with van der Waals surface area (Å²) in [4.78, 5) is 0. The zero-order chi connectivity index (χ0) is 15.1. The summed E-state index contributed by atoms with van der Waals surface area (Å²) in [6, 6.07) is 13.1. The fraction of sp³-hybridized carbons (Fsp3) is 0.368. The lowest BCUT2D eigenvalue weighted by Crippen LogP contribution is -1.84. The van der Waals surface area contributed by atoms with Gasteiger partial charge < -0.3 is 0 Å². The van der Waals surface area contributed by atoms with Gasteiger partial charge in [0.25, 0.3) is 0 Å². The van der Waals surface area contributed by atoms with E-state index in [2.05, 4.69) is 86.9 Å². The quantitative estimate of drug-likeness (QED) is 0.615. The van der Waals surface area contributed by atoms with Gasteiger partial charge in [-0.2, -0.15) is 0 Å². The molecule has 0 fully saturated rings. The van der Waals surface area contributed by atoms with Gasteiger partial charge in [-0.1, -0.05) is 60.1 Å². The average Bonchev–Trinajstić information content (AvgIpc) is 2.45. The van der Waals surface area contributed by atoms with Gasteiger partial charge in [-0.25, -0.2) is 0 Å². The Labute approximate surface area is 132 Å². The normalized spacial score (nSPS) is 9.90. The van der Waals surface area contributed by atoms with Crippen LogP contribution in [0.25, 0.3) is 0 Å². The average molecular weight is 333 g/mol. The van der Waals surface area contributed by atoms with Gasteiger partial charge in [0.2, 0.25) is 0 Å². The van der Waals surface area contributed by atoms with Crippen molar-refractivity contribution in [3.05, 3.63) is 68.7 Å². The van der Waals surface area contributed by atoms with Crippen molar-refractivity contribution < 1.29 is 0 Å². The third kappa shape index (κ3) is 5.13. The molecule has 0 heterocycles. The smallest absolute Gasteiger partial charge is 0.0204 e. The van der Waals surface area contributed by atoms with E-state index >= 15 is 0 Å². The Bertz CT molecular complexity index is 504. The van der Waals surface area contributed by atoms with Crippen LogP contribution in [0.4, 0.5) is 0 Å². The van der Waals surface area contributed by atoms with Crippen molar-refractivity contribution >= 4 is 15.9 Å². The SMILES string of the molecule is CCc1ccc(Br)c(C)c1.CCc1ccc(C)c(C)c1. The van der Waals surface area contributed by atoms with Crippen LogP contribution < -0.4 is 0 Å². The van der Waals surface area contributed by atoms with E-state index in [0.29, 0.717) is 0 Å². The van der Waals surface area contributed by atoms with Crippen LogP contribution in [0.5, 0.6) is 0 Å². The Morgan fingerprint density at radius 1 is 0.700 bits per heavy atom. The molecule has 0 aliphatic heterocycles. The van der Waals surface area contributed by atoms with Crippen LogP contribution in [0.3, 0.4) is 0 Å². The first-order valence-electron chi connectivity index (χ1n) is 7.29. The molecule has 2 rings (SSSR count). The van der Waals surface area contributed by atoms with Crippen LogP contribution in [0.2, 0.25) is 0 Å². The third-order valence-corrected chi connectivity index (χ3v) is 4.50. The summed E-state index contributed by atoms with van der Waals surface area (Å²) in [5.41, 5.74) is 6.94. The first-order valence-corrected chi connectivity index (χ1v) is 8.08. The van der Waals surface area contributed by atoms with E-state index in [1.807, 2.05) is 0 Å². The van der Waals surface area contributed by atoms with Gasteiger partial charge in [0, 0.05) is 4.47 Å². The minimum absolute atomic E-state index is 1.12. The number of benzene rings is 2. The van der Waals surface area contributed by atoms with Crippen molar-refractivity contribution in [2.45, 2.75) is 47.5 Å². The van der Waals surface area contributed by atoms with Crippen molar-refractivity contribution in [3.63, 3.8) is 0 Å². The zero-order valence-electron chi connectivity index (χ0n) is 13.3. The lowest BCUT2D eigenvalue weighted by molar-refractivity contribution is 1.12. The molecule has 0 N–H and O–H groups in total. The minimum atomic E-state index is 1.12. The molecule has 0 radical (unpaired) electrons. The molecule has 0 saturated heterocycles. The highest BCUT2D eigenvalue weighted by Crippen LogP contribution is 2.16. The fourth-order valence-electron chi connectivity index (χ4n) is 1.95. The van der Waals surface area contributed by atoms with Crippen molar-refractivity contribution in [2.75, 3.05) is 0 Å². The molecular weight excluding hydrogens is 308 g/mol. The lowest BCUT2D eigenvalue weighted by atomic mass is 10.1. The van der Waals surface area contributed by atoms with Gasteiger partial charge in [0.15, 0.2) is 0 Å². The Morgan fingerprint density at radius 2 is 1.20 bits per heavy atom. The number of rotatable bonds is 2. The highest BCUT2D eigenvalue weighted by atomic mass is 79.9. The van der Waals surface area contributed by atoms with Crippen LogP contribution >= 0.6 is 15.9 Å². The lowest BCUT2D eigenvalue weighted by Gasteiger charge is -2.01. The topological polar surface area (TPSA) is 0 Å². The van der Waals surface area contributed by atoms with Crippen LogP contribution in [-0.2, 0) is 12.8 Å². The summed E-state index contributed by atoms with van der Waals surface area (Å²) in [5.74, 6) is 0. The van der Waals surface area contributed by atoms with E-state index in [9.17, 15) is 0 Å². The summed E-state index contributed by atoms with van der Waals surface area (Å²) in [5, 5.41) is 0. The molecule has 0 amide bonds. The first-order chi connectivity index (χ1) is 9.47. The van der Waals surface area contributed by atoms with Gasteiger partial charge in [-0.05, 0) is 67.5 Å². The van der Waals surface area contributed by atoms with Gasteiger partial charge >= 0.3 is 0 Å². The molecule has 0 aromatic heterocycles. The molecule has 0 nitrogen and oxygen atoms in total. The summed E-state index contributed by atoms with van der Waals surface area (Å²) in [7, 11) is 0. The molecule has 0 aliphatic carbocycles. The molecule has 0 spiro atoms. The third-order valence-electron chi connectivity index (χ3n) is 3.61. The molecule has 20 heavy (non-hydrogen) atoms. The fourth-order valence-corrected chi connectivity index (χ4v) is 2.20. The largest absolute Gasteiger partial charge is 0.0613 e. The Hall–Kier alpha value is -1.08. The van der Waals surface area contributed by atoms with Crippen LogP contribution in [0, 0.1) is 20.8 Å². The molecule has 0 atom stereocenters. The predicted octanol–water partition coefficient (Wildman–Crippen LogP) is 6.19. The van der Waals surface area contributed by atoms with E-state index in [4.69, 9.17) is 0 Å². The highest BCUT2D eigenvalue weighted by Gasteiger charge is 1.93. The molecule has 1 heteroatoms. The number of aryl methyl sites for hydroxylation is 5. The van der Waals surface area contributed by atoms with E-state index < -0.39 is 0 Å². The van der Waals surface area contributed by atoms with Gasteiger partial charge in [0.05, 0.1) is 0 Å². The number of hydrogen-bond acceptors (Lipinski definition) is 0. The number of hydrogen-bond donors (Lipinski definition) is 0. The summed E-state index contributed by atoms with van der Waals surface area (Å²) < 4.78 is 1.20. The first kappa shape index (κ1) is 17.0. The van der Waals surface area contributed by atoms with Crippen molar-refractivity contribution in [3.8, 4) is 0 Å². The second kappa shape index (κ2) is 8.26. The van der Waals surface area contributed by atoms with E-state index in [0.717, 1.165) is 12.8 Å². The minimum Gasteiger partial charge on any atom is -0.0613 e. The molecule has 108 valence electrons. The molecular formula is C19H25Br. The number of halogens is 1. The van der Waals surface area contributed by atoms with Crippen molar-refractivity contribution in [2.24, 2.45) is 0 Å². The Kier molecular flexibility index (Phi) is 7.01. The van der Waals surface area contributed by atoms with Gasteiger partial charge in [0.1, 0.15) is 0 Å². The predicted molar refractivity (Wildman–Crippen MR) is 93.6 cm³/mol. The zero-order valence-corrected chi connectivity index (χ0v) is 14.8. The molecule has 2 aromatic rings. The summed E-state index contributed by atoms with van der Waals surface area (Å²) in [6.45, 7) is 10.8. The summed E-state index contributed by atoms with van der Waals surface area (Å²) in [6.07, 6.45) is 2.26. The molecule has 2 aromatic carbocycles. The molecule has 0 bridgehead atoms. The van der Waals surface area contributed by atoms with Gasteiger partial charge in [-0.15, -0.1) is 0 Å². The van der Waals surface area contributed by atoms with Crippen LogP contribution in [0.1, 0.15) is 41.7 Å². The molecule has 0 saturated carbocycles. The van der Waals surface area contributed by atoms with E-state index in [1.54, 1.807) is 0 Å². The highest BCUT2D eigenvalue weighted by molar-refractivity contribution is 9.10. The van der Waals surface area contributed by atoms with Crippen LogP contribution in [-0.4, -0.2) is 0 Å². The van der Waals surface area contributed by atoms with E-state index in [-0.39, 0.29) is 0 Å². The van der Waals surface area contributed by atoms with Gasteiger partial charge in [-0.3, -0.25) is 0 Å².